The molecule has 0 saturated carbocycles. The minimum atomic E-state index is -0.521. The SMILES string of the molecule is OC1=C2C3=C(CC=CC3=CCC3=C2C(O)CC(Cc2ccccc2)C3)CN1. The van der Waals surface area contributed by atoms with E-state index in [1.54, 1.807) is 0 Å². The molecule has 0 bridgehead atoms. The number of benzene rings is 1. The van der Waals surface area contributed by atoms with Crippen molar-refractivity contribution in [3.8, 4) is 0 Å². The van der Waals surface area contributed by atoms with Gasteiger partial charge in [-0.1, -0.05) is 54.1 Å². The van der Waals surface area contributed by atoms with Crippen LogP contribution in [-0.2, 0) is 6.42 Å². The molecule has 5 rings (SSSR count). The van der Waals surface area contributed by atoms with Gasteiger partial charge in [-0.15, -0.1) is 0 Å². The maximum absolute atomic E-state index is 11.1. The maximum Gasteiger partial charge on any atom is 0.192 e. The predicted molar refractivity (Wildman–Crippen MR) is 107 cm³/mol. The van der Waals surface area contributed by atoms with E-state index in [0.29, 0.717) is 12.5 Å². The van der Waals surface area contributed by atoms with Gasteiger partial charge in [0.15, 0.2) is 5.88 Å². The summed E-state index contributed by atoms with van der Waals surface area (Å²) in [6, 6.07) is 10.5. The van der Waals surface area contributed by atoms with Crippen LogP contribution in [-0.4, -0.2) is 22.9 Å². The van der Waals surface area contributed by atoms with Gasteiger partial charge >= 0.3 is 0 Å². The smallest absolute Gasteiger partial charge is 0.192 e. The van der Waals surface area contributed by atoms with Gasteiger partial charge in [-0.3, -0.25) is 0 Å². The van der Waals surface area contributed by atoms with E-state index in [1.165, 1.54) is 22.3 Å². The zero-order valence-electron chi connectivity index (χ0n) is 15.4. The Labute approximate surface area is 160 Å². The first kappa shape index (κ1) is 16.6. The third-order valence-corrected chi connectivity index (χ3v) is 6.27. The number of nitrogens with one attached hydrogen (secondary N) is 1. The van der Waals surface area contributed by atoms with Crippen LogP contribution in [0.1, 0.15) is 31.2 Å². The van der Waals surface area contributed by atoms with Crippen LogP contribution in [0, 0.1) is 5.92 Å². The van der Waals surface area contributed by atoms with Crippen LogP contribution in [0.2, 0.25) is 0 Å². The molecular formula is C24H25NO2. The second kappa shape index (κ2) is 6.58. The van der Waals surface area contributed by atoms with Crippen molar-refractivity contribution in [1.82, 2.24) is 5.32 Å². The molecule has 2 atom stereocenters. The Bertz CT molecular complexity index is 930. The van der Waals surface area contributed by atoms with E-state index in [-0.39, 0.29) is 5.88 Å². The zero-order valence-corrected chi connectivity index (χ0v) is 15.4. The average Bonchev–Trinajstić information content (AvgIpc) is 2.84. The van der Waals surface area contributed by atoms with Gasteiger partial charge in [0.1, 0.15) is 0 Å². The van der Waals surface area contributed by atoms with Crippen LogP contribution in [0.25, 0.3) is 0 Å². The van der Waals surface area contributed by atoms with Crippen molar-refractivity contribution in [2.24, 2.45) is 5.92 Å². The Morgan fingerprint density at radius 3 is 2.74 bits per heavy atom. The largest absolute Gasteiger partial charge is 0.494 e. The summed E-state index contributed by atoms with van der Waals surface area (Å²) in [5.74, 6) is 0.660. The van der Waals surface area contributed by atoms with Gasteiger partial charge in [0.25, 0.3) is 0 Å². The first-order valence-corrected chi connectivity index (χ1v) is 9.91. The van der Waals surface area contributed by atoms with Crippen molar-refractivity contribution in [1.29, 1.82) is 0 Å². The molecule has 1 heterocycles. The number of hydrogen-bond acceptors (Lipinski definition) is 3. The lowest BCUT2D eigenvalue weighted by Gasteiger charge is -2.34. The summed E-state index contributed by atoms with van der Waals surface area (Å²) in [5, 5.41) is 24.9. The number of hydrogen-bond donors (Lipinski definition) is 3. The van der Waals surface area contributed by atoms with E-state index in [1.807, 2.05) is 6.07 Å². The molecule has 4 aliphatic rings. The highest BCUT2D eigenvalue weighted by atomic mass is 16.3. The van der Waals surface area contributed by atoms with E-state index >= 15 is 0 Å². The van der Waals surface area contributed by atoms with Crippen molar-refractivity contribution in [2.75, 3.05) is 6.54 Å². The summed E-state index contributed by atoms with van der Waals surface area (Å²) in [4.78, 5) is 0. The van der Waals surface area contributed by atoms with Gasteiger partial charge in [-0.2, -0.15) is 0 Å². The maximum atomic E-state index is 11.1. The monoisotopic (exact) mass is 359 g/mol. The third kappa shape index (κ3) is 2.87. The molecule has 138 valence electrons. The molecule has 1 aromatic rings. The summed E-state index contributed by atoms with van der Waals surface area (Å²) in [5.41, 5.74) is 8.09. The molecule has 0 radical (unpaired) electrons. The van der Waals surface area contributed by atoms with Crippen LogP contribution in [0.15, 0.2) is 87.9 Å². The Morgan fingerprint density at radius 1 is 1.04 bits per heavy atom. The molecule has 0 saturated heterocycles. The molecule has 1 aromatic carbocycles. The number of dihydropyridines is 1. The molecule has 27 heavy (non-hydrogen) atoms. The minimum Gasteiger partial charge on any atom is -0.494 e. The Hall–Kier alpha value is -2.52. The third-order valence-electron chi connectivity index (χ3n) is 6.27. The first-order chi connectivity index (χ1) is 13.2. The van der Waals surface area contributed by atoms with Gasteiger partial charge in [0, 0.05) is 12.1 Å². The van der Waals surface area contributed by atoms with Crippen LogP contribution in [0.3, 0.4) is 0 Å². The fraction of sp³-hybridized carbons (Fsp3) is 0.333. The molecule has 2 unspecified atom stereocenters. The van der Waals surface area contributed by atoms with Crippen molar-refractivity contribution in [3.63, 3.8) is 0 Å². The van der Waals surface area contributed by atoms with Gasteiger partial charge in [0.2, 0.25) is 0 Å². The molecule has 3 nitrogen and oxygen atoms in total. The predicted octanol–water partition coefficient (Wildman–Crippen LogP) is 4.26. The van der Waals surface area contributed by atoms with Crippen LogP contribution < -0.4 is 5.32 Å². The number of fused-ring (bicyclic) bond motifs is 1. The molecule has 0 spiro atoms. The molecule has 0 amide bonds. The number of aliphatic hydroxyl groups excluding tert-OH is 2. The summed E-state index contributed by atoms with van der Waals surface area (Å²) in [6.45, 7) is 0.682. The summed E-state index contributed by atoms with van der Waals surface area (Å²) in [6.07, 6.45) is 10.6. The molecule has 0 aromatic heterocycles. The van der Waals surface area contributed by atoms with Gasteiger partial charge in [-0.25, -0.2) is 0 Å². The fourth-order valence-corrected chi connectivity index (χ4v) is 5.11. The fourth-order valence-electron chi connectivity index (χ4n) is 5.11. The second-order valence-corrected chi connectivity index (χ2v) is 8.05. The number of allylic oxidation sites excluding steroid dienone is 6. The molecule has 3 N–H and O–H groups in total. The van der Waals surface area contributed by atoms with Gasteiger partial charge in [-0.05, 0) is 65.9 Å². The summed E-state index contributed by atoms with van der Waals surface area (Å²) >= 11 is 0. The van der Waals surface area contributed by atoms with Crippen molar-refractivity contribution in [3.05, 3.63) is 93.4 Å². The van der Waals surface area contributed by atoms with E-state index < -0.39 is 6.10 Å². The molecular weight excluding hydrogens is 334 g/mol. The van der Waals surface area contributed by atoms with Crippen LogP contribution >= 0.6 is 0 Å². The van der Waals surface area contributed by atoms with Crippen molar-refractivity contribution >= 4 is 0 Å². The number of aliphatic hydroxyl groups is 2. The molecule has 1 aliphatic heterocycles. The molecule has 3 aliphatic carbocycles. The Morgan fingerprint density at radius 2 is 1.89 bits per heavy atom. The van der Waals surface area contributed by atoms with E-state index in [2.05, 4.69) is 47.8 Å². The highest BCUT2D eigenvalue weighted by Gasteiger charge is 2.37. The number of rotatable bonds is 2. The second-order valence-electron chi connectivity index (χ2n) is 8.05. The minimum absolute atomic E-state index is 0.227. The van der Waals surface area contributed by atoms with E-state index in [0.717, 1.165) is 48.8 Å². The topological polar surface area (TPSA) is 52.5 Å². The first-order valence-electron chi connectivity index (χ1n) is 9.91. The normalized spacial score (nSPS) is 26.9. The van der Waals surface area contributed by atoms with Crippen LogP contribution in [0.4, 0.5) is 0 Å². The standard InChI is InChI=1S/C24H25NO2/c26-20-13-16(11-15-5-2-1-3-6-15)12-18-10-9-17-7-4-8-19-14-25-24(27)23(21(17)19)22(18)20/h1-7,9,16,20,25-27H,8,10-14H2. The quantitative estimate of drug-likeness (QED) is 0.740. The van der Waals surface area contributed by atoms with Crippen LogP contribution in [0.5, 0.6) is 0 Å². The average molecular weight is 359 g/mol. The summed E-state index contributed by atoms with van der Waals surface area (Å²) < 4.78 is 0. The van der Waals surface area contributed by atoms with E-state index in [9.17, 15) is 10.2 Å². The lowest BCUT2D eigenvalue weighted by molar-refractivity contribution is 0.163. The van der Waals surface area contributed by atoms with Crippen molar-refractivity contribution < 1.29 is 10.2 Å². The molecule has 0 fully saturated rings. The lowest BCUT2D eigenvalue weighted by Crippen LogP contribution is -2.32. The zero-order chi connectivity index (χ0) is 18.4. The summed E-state index contributed by atoms with van der Waals surface area (Å²) in [7, 11) is 0. The lowest BCUT2D eigenvalue weighted by atomic mass is 9.74. The van der Waals surface area contributed by atoms with E-state index in [4.69, 9.17) is 0 Å². The van der Waals surface area contributed by atoms with Gasteiger partial charge < -0.3 is 15.5 Å². The Balaban J connectivity index is 1.54. The highest BCUT2D eigenvalue weighted by molar-refractivity contribution is 5.68. The molecule has 3 heteroatoms. The highest BCUT2D eigenvalue weighted by Crippen LogP contribution is 2.46. The van der Waals surface area contributed by atoms with Crippen molar-refractivity contribution in [2.45, 2.75) is 38.2 Å². The van der Waals surface area contributed by atoms with Gasteiger partial charge in [0.05, 0.1) is 6.10 Å². The Kier molecular flexibility index (Phi) is 4.05.